The largest absolute Gasteiger partial charge is 0.377 e. The molecule has 0 fully saturated rings. The van der Waals surface area contributed by atoms with E-state index >= 15 is 0 Å². The highest BCUT2D eigenvalue weighted by atomic mass is 16.5. The van der Waals surface area contributed by atoms with Gasteiger partial charge in [0, 0.05) is 7.11 Å². The topological polar surface area (TPSA) is 9.23 Å². The van der Waals surface area contributed by atoms with Crippen LogP contribution in [0, 0.1) is 0 Å². The van der Waals surface area contributed by atoms with E-state index in [1.807, 2.05) is 7.11 Å². The fourth-order valence-electron chi connectivity index (χ4n) is 2.80. The molecule has 0 aromatic heterocycles. The van der Waals surface area contributed by atoms with Gasteiger partial charge in [-0.05, 0) is 37.7 Å². The molecule has 0 amide bonds. The summed E-state index contributed by atoms with van der Waals surface area (Å²) in [7, 11) is 1.85. The van der Waals surface area contributed by atoms with Crippen molar-refractivity contribution >= 4 is 0 Å². The first-order valence-corrected chi connectivity index (χ1v) is 7.60. The van der Waals surface area contributed by atoms with Gasteiger partial charge >= 0.3 is 0 Å². The van der Waals surface area contributed by atoms with Crippen LogP contribution in [0.2, 0.25) is 0 Å². The fraction of sp³-hybridized carbons (Fsp3) is 0.875. The van der Waals surface area contributed by atoms with Crippen LogP contribution in [0.1, 0.15) is 77.6 Å². The van der Waals surface area contributed by atoms with Crippen molar-refractivity contribution in [3.05, 3.63) is 11.6 Å². The summed E-state index contributed by atoms with van der Waals surface area (Å²) < 4.78 is 5.60. The highest BCUT2D eigenvalue weighted by molar-refractivity contribution is 5.08. The van der Waals surface area contributed by atoms with Crippen LogP contribution in [-0.2, 0) is 4.74 Å². The van der Waals surface area contributed by atoms with Gasteiger partial charge in [-0.25, -0.2) is 0 Å². The average Bonchev–Trinajstić information content (AvgIpc) is 2.33. The Hall–Kier alpha value is -0.300. The second kappa shape index (κ2) is 9.70. The highest BCUT2D eigenvalue weighted by Gasteiger charge is 2.10. The maximum Gasteiger partial charge on any atom is 0.0778 e. The first kappa shape index (κ1) is 14.8. The van der Waals surface area contributed by atoms with Gasteiger partial charge in [0.25, 0.3) is 0 Å². The number of hydrogen-bond acceptors (Lipinski definition) is 1. The van der Waals surface area contributed by atoms with Crippen LogP contribution < -0.4 is 0 Å². The van der Waals surface area contributed by atoms with Gasteiger partial charge in [0.1, 0.15) is 0 Å². The molecule has 1 heteroatoms. The first-order valence-electron chi connectivity index (χ1n) is 7.60. The number of allylic oxidation sites excluding steroid dienone is 1. The molecule has 1 unspecified atom stereocenters. The van der Waals surface area contributed by atoms with Crippen molar-refractivity contribution in [2.45, 2.75) is 83.7 Å². The van der Waals surface area contributed by atoms with Crippen molar-refractivity contribution in [2.24, 2.45) is 0 Å². The van der Waals surface area contributed by atoms with Gasteiger partial charge in [-0.2, -0.15) is 0 Å². The predicted octanol–water partition coefficient (Wildman–Crippen LogP) is 5.25. The zero-order valence-electron chi connectivity index (χ0n) is 11.8. The summed E-state index contributed by atoms with van der Waals surface area (Å²) in [5, 5.41) is 0. The van der Waals surface area contributed by atoms with E-state index in [-0.39, 0.29) is 0 Å². The third-order valence-corrected chi connectivity index (χ3v) is 3.89. The molecule has 0 spiro atoms. The molecule has 0 saturated carbocycles. The van der Waals surface area contributed by atoms with E-state index in [4.69, 9.17) is 4.74 Å². The molecule has 0 saturated heterocycles. The Balaban J connectivity index is 2.49. The van der Waals surface area contributed by atoms with Crippen LogP contribution in [-0.4, -0.2) is 13.2 Å². The van der Waals surface area contributed by atoms with E-state index in [1.165, 1.54) is 64.2 Å². The molecular weight excluding hydrogens is 208 g/mol. The molecule has 1 rings (SSSR count). The zero-order chi connectivity index (χ0) is 12.3. The number of ether oxygens (including phenoxy) is 1. The summed E-state index contributed by atoms with van der Waals surface area (Å²) in [5.41, 5.74) is 1.57. The molecule has 0 bridgehead atoms. The van der Waals surface area contributed by atoms with E-state index in [9.17, 15) is 0 Å². The number of rotatable bonds is 3. The van der Waals surface area contributed by atoms with Gasteiger partial charge < -0.3 is 4.74 Å². The average molecular weight is 238 g/mol. The Bertz CT molecular complexity index is 204. The minimum atomic E-state index is 0.373. The summed E-state index contributed by atoms with van der Waals surface area (Å²) in [5.74, 6) is 0. The lowest BCUT2D eigenvalue weighted by Crippen LogP contribution is -2.12. The fourth-order valence-corrected chi connectivity index (χ4v) is 2.80. The standard InChI is InChI=1S/C16H30O/c1-3-16(17-2)15-13-11-9-7-5-4-6-8-10-12-14-15/h13,16H,3-12,14H2,1-2H3/b15-13-. The summed E-state index contributed by atoms with van der Waals surface area (Å²) in [6, 6.07) is 0. The summed E-state index contributed by atoms with van der Waals surface area (Å²) in [6.45, 7) is 2.23. The minimum Gasteiger partial charge on any atom is -0.377 e. The maximum atomic E-state index is 5.60. The Morgan fingerprint density at radius 1 is 1.00 bits per heavy atom. The summed E-state index contributed by atoms with van der Waals surface area (Å²) in [4.78, 5) is 0. The monoisotopic (exact) mass is 238 g/mol. The molecular formula is C16H30O. The van der Waals surface area contributed by atoms with Crippen molar-refractivity contribution in [1.82, 2.24) is 0 Å². The van der Waals surface area contributed by atoms with E-state index in [1.54, 1.807) is 5.57 Å². The summed E-state index contributed by atoms with van der Waals surface area (Å²) >= 11 is 0. The quantitative estimate of drug-likeness (QED) is 0.610. The van der Waals surface area contributed by atoms with Gasteiger partial charge in [-0.15, -0.1) is 0 Å². The molecule has 1 nitrogen and oxygen atoms in total. The van der Waals surface area contributed by atoms with Crippen LogP contribution in [0.15, 0.2) is 11.6 Å². The maximum absolute atomic E-state index is 5.60. The molecule has 1 aliphatic carbocycles. The molecule has 1 aliphatic rings. The SMILES string of the molecule is CCC(OC)/C1=C\CCCCCCCCCC1. The molecule has 0 N–H and O–H groups in total. The van der Waals surface area contributed by atoms with Crippen LogP contribution >= 0.6 is 0 Å². The highest BCUT2D eigenvalue weighted by Crippen LogP contribution is 2.21. The number of hydrogen-bond donors (Lipinski definition) is 0. The molecule has 17 heavy (non-hydrogen) atoms. The third kappa shape index (κ3) is 6.26. The van der Waals surface area contributed by atoms with Crippen LogP contribution in [0.3, 0.4) is 0 Å². The molecule has 0 radical (unpaired) electrons. The molecule has 0 aromatic rings. The van der Waals surface area contributed by atoms with E-state index < -0.39 is 0 Å². The van der Waals surface area contributed by atoms with Crippen LogP contribution in [0.25, 0.3) is 0 Å². The van der Waals surface area contributed by atoms with E-state index in [0.717, 1.165) is 6.42 Å². The van der Waals surface area contributed by atoms with Gasteiger partial charge in [0.15, 0.2) is 0 Å². The molecule has 0 aromatic carbocycles. The van der Waals surface area contributed by atoms with Crippen molar-refractivity contribution in [1.29, 1.82) is 0 Å². The second-order valence-corrected chi connectivity index (χ2v) is 5.28. The first-order chi connectivity index (χ1) is 8.38. The normalized spacial score (nSPS) is 25.2. The smallest absolute Gasteiger partial charge is 0.0778 e. The molecule has 1 atom stereocenters. The molecule has 100 valence electrons. The van der Waals surface area contributed by atoms with Gasteiger partial charge in [0.2, 0.25) is 0 Å². The Kier molecular flexibility index (Phi) is 8.42. The minimum absolute atomic E-state index is 0.373. The lowest BCUT2D eigenvalue weighted by Gasteiger charge is -2.18. The van der Waals surface area contributed by atoms with Crippen LogP contribution in [0.5, 0.6) is 0 Å². The van der Waals surface area contributed by atoms with Crippen molar-refractivity contribution < 1.29 is 4.74 Å². The van der Waals surface area contributed by atoms with Crippen molar-refractivity contribution in [2.75, 3.05) is 7.11 Å². The van der Waals surface area contributed by atoms with Crippen molar-refractivity contribution in [3.63, 3.8) is 0 Å². The third-order valence-electron chi connectivity index (χ3n) is 3.89. The lowest BCUT2D eigenvalue weighted by atomic mass is 9.96. The van der Waals surface area contributed by atoms with E-state index in [0.29, 0.717) is 6.10 Å². The Morgan fingerprint density at radius 2 is 1.59 bits per heavy atom. The van der Waals surface area contributed by atoms with Crippen molar-refractivity contribution in [3.8, 4) is 0 Å². The van der Waals surface area contributed by atoms with Gasteiger partial charge in [0.05, 0.1) is 6.10 Å². The molecule has 0 heterocycles. The van der Waals surface area contributed by atoms with Gasteiger partial charge in [-0.1, -0.05) is 51.5 Å². The zero-order valence-corrected chi connectivity index (χ0v) is 11.8. The molecule has 0 aliphatic heterocycles. The Labute approximate surface area is 108 Å². The second-order valence-electron chi connectivity index (χ2n) is 5.28. The van der Waals surface area contributed by atoms with Gasteiger partial charge in [-0.3, -0.25) is 0 Å². The Morgan fingerprint density at radius 3 is 2.18 bits per heavy atom. The number of methoxy groups -OCH3 is 1. The van der Waals surface area contributed by atoms with E-state index in [2.05, 4.69) is 13.0 Å². The summed E-state index contributed by atoms with van der Waals surface area (Å²) in [6.07, 6.45) is 17.8. The van der Waals surface area contributed by atoms with Crippen LogP contribution in [0.4, 0.5) is 0 Å². The lowest BCUT2D eigenvalue weighted by molar-refractivity contribution is 0.125. The predicted molar refractivity (Wildman–Crippen MR) is 75.3 cm³/mol.